The maximum atomic E-state index is 12.7. The van der Waals surface area contributed by atoms with Crippen LogP contribution < -0.4 is 0 Å². The number of benzene rings is 2. The summed E-state index contributed by atoms with van der Waals surface area (Å²) in [7, 11) is -2.67. The van der Waals surface area contributed by atoms with Crippen molar-refractivity contribution in [3.8, 4) is 11.1 Å². The van der Waals surface area contributed by atoms with Crippen molar-refractivity contribution in [1.82, 2.24) is 0 Å². The lowest BCUT2D eigenvalue weighted by atomic mass is 9.92. The fraction of sp³-hybridized carbons (Fsp3) is 0.423. The standard InChI is InChI=1S/C26H34O4Si/c1-6-28-31(29-7-2,30-8-3)15-11-13-20-16-22(26(27)19(4)5)18-25-23-14-10-9-12-21(23)17-24(20)25/h9-10,12,14,16,18H,4,6-8,11,13,15,17H2,1-3,5H3. The number of rotatable bonds is 12. The summed E-state index contributed by atoms with van der Waals surface area (Å²) >= 11 is 0. The van der Waals surface area contributed by atoms with Gasteiger partial charge in [-0.3, -0.25) is 4.79 Å². The molecule has 0 unspecified atom stereocenters. The van der Waals surface area contributed by atoms with E-state index in [1.54, 1.807) is 6.92 Å². The maximum absolute atomic E-state index is 12.7. The lowest BCUT2D eigenvalue weighted by Crippen LogP contribution is -2.46. The van der Waals surface area contributed by atoms with Crippen molar-refractivity contribution < 1.29 is 18.1 Å². The number of hydrogen-bond donors (Lipinski definition) is 0. The van der Waals surface area contributed by atoms with E-state index in [-0.39, 0.29) is 5.78 Å². The molecule has 166 valence electrons. The number of hydrogen-bond acceptors (Lipinski definition) is 4. The largest absolute Gasteiger partial charge is 0.500 e. The molecule has 0 aliphatic heterocycles. The number of fused-ring (bicyclic) bond motifs is 3. The highest BCUT2D eigenvalue weighted by Gasteiger charge is 2.39. The first kappa shape index (κ1) is 23.6. The summed E-state index contributed by atoms with van der Waals surface area (Å²) in [6.07, 6.45) is 2.66. The van der Waals surface area contributed by atoms with Gasteiger partial charge in [-0.2, -0.15) is 0 Å². The summed E-state index contributed by atoms with van der Waals surface area (Å²) in [6.45, 7) is 13.3. The minimum Gasteiger partial charge on any atom is -0.374 e. The molecule has 2 aromatic carbocycles. The molecule has 3 rings (SSSR count). The predicted octanol–water partition coefficient (Wildman–Crippen LogP) is 6.00. The molecular formula is C26H34O4Si. The Kier molecular flexibility index (Phi) is 8.00. The molecule has 0 bridgehead atoms. The third-order valence-electron chi connectivity index (χ3n) is 5.69. The lowest BCUT2D eigenvalue weighted by Gasteiger charge is -2.28. The van der Waals surface area contributed by atoms with Crippen LogP contribution in [0.4, 0.5) is 0 Å². The normalized spacial score (nSPS) is 12.5. The van der Waals surface area contributed by atoms with E-state index in [4.69, 9.17) is 13.3 Å². The Morgan fingerprint density at radius 3 is 2.26 bits per heavy atom. The van der Waals surface area contributed by atoms with Crippen molar-refractivity contribution >= 4 is 14.6 Å². The van der Waals surface area contributed by atoms with Crippen LogP contribution in [-0.4, -0.2) is 34.4 Å². The summed E-state index contributed by atoms with van der Waals surface area (Å²) in [4.78, 5) is 12.7. The van der Waals surface area contributed by atoms with E-state index in [9.17, 15) is 4.79 Å². The fourth-order valence-electron chi connectivity index (χ4n) is 4.41. The second-order valence-electron chi connectivity index (χ2n) is 7.94. The Labute approximate surface area is 187 Å². The molecule has 2 aromatic rings. The van der Waals surface area contributed by atoms with Gasteiger partial charge >= 0.3 is 8.80 Å². The van der Waals surface area contributed by atoms with Crippen LogP contribution >= 0.6 is 0 Å². The molecule has 0 saturated carbocycles. The first-order valence-corrected chi connectivity index (χ1v) is 13.2. The SMILES string of the molecule is C=C(C)C(=O)c1cc(CCC[Si](OCC)(OCC)OCC)c2c(c1)-c1ccccc1C2. The van der Waals surface area contributed by atoms with Gasteiger partial charge < -0.3 is 13.3 Å². The molecule has 0 N–H and O–H groups in total. The monoisotopic (exact) mass is 438 g/mol. The van der Waals surface area contributed by atoms with Crippen LogP contribution in [0.1, 0.15) is 61.2 Å². The van der Waals surface area contributed by atoms with Gasteiger partial charge in [0, 0.05) is 31.4 Å². The molecule has 0 heterocycles. The highest BCUT2D eigenvalue weighted by Crippen LogP contribution is 2.40. The van der Waals surface area contributed by atoms with Gasteiger partial charge in [-0.25, -0.2) is 0 Å². The number of carbonyl (C=O) groups excluding carboxylic acids is 1. The van der Waals surface area contributed by atoms with Crippen molar-refractivity contribution in [2.24, 2.45) is 0 Å². The molecule has 4 nitrogen and oxygen atoms in total. The van der Waals surface area contributed by atoms with Crippen LogP contribution in [0.3, 0.4) is 0 Å². The van der Waals surface area contributed by atoms with E-state index >= 15 is 0 Å². The Morgan fingerprint density at radius 1 is 1.00 bits per heavy atom. The molecule has 0 saturated heterocycles. The zero-order valence-corrected chi connectivity index (χ0v) is 20.3. The molecule has 31 heavy (non-hydrogen) atoms. The average Bonchev–Trinajstić information content (AvgIpc) is 3.12. The molecule has 0 atom stereocenters. The van der Waals surface area contributed by atoms with Gasteiger partial charge in [0.2, 0.25) is 0 Å². The molecule has 5 heteroatoms. The van der Waals surface area contributed by atoms with Gasteiger partial charge in [-0.15, -0.1) is 0 Å². The molecule has 0 spiro atoms. The van der Waals surface area contributed by atoms with E-state index in [1.807, 2.05) is 26.8 Å². The quantitative estimate of drug-likeness (QED) is 0.198. The van der Waals surface area contributed by atoms with E-state index in [0.29, 0.717) is 25.4 Å². The zero-order chi connectivity index (χ0) is 22.4. The van der Waals surface area contributed by atoms with Gasteiger partial charge in [-0.1, -0.05) is 30.8 Å². The number of aryl methyl sites for hydroxylation is 1. The Bertz CT molecular complexity index is 933. The van der Waals surface area contributed by atoms with Crippen molar-refractivity contribution in [2.75, 3.05) is 19.8 Å². The molecule has 1 aliphatic rings. The molecule has 0 amide bonds. The maximum Gasteiger partial charge on any atom is 0.500 e. The van der Waals surface area contributed by atoms with E-state index in [1.165, 1.54) is 27.8 Å². The minimum absolute atomic E-state index is 0.00935. The Morgan fingerprint density at radius 2 is 1.65 bits per heavy atom. The van der Waals surface area contributed by atoms with Crippen molar-refractivity contribution in [2.45, 2.75) is 53.0 Å². The summed E-state index contributed by atoms with van der Waals surface area (Å²) in [5, 5.41) is 0. The van der Waals surface area contributed by atoms with Crippen LogP contribution in [0, 0.1) is 0 Å². The van der Waals surface area contributed by atoms with E-state index in [2.05, 4.69) is 36.9 Å². The van der Waals surface area contributed by atoms with Crippen molar-refractivity contribution in [3.05, 3.63) is 70.8 Å². The average molecular weight is 439 g/mol. The predicted molar refractivity (Wildman–Crippen MR) is 128 cm³/mol. The third-order valence-corrected chi connectivity index (χ3v) is 8.84. The minimum atomic E-state index is -2.67. The van der Waals surface area contributed by atoms with E-state index in [0.717, 1.165) is 30.9 Å². The highest BCUT2D eigenvalue weighted by molar-refractivity contribution is 6.60. The number of allylic oxidation sites excluding steroid dienone is 1. The van der Waals surface area contributed by atoms with Gasteiger partial charge in [0.1, 0.15) is 0 Å². The van der Waals surface area contributed by atoms with Gasteiger partial charge in [0.15, 0.2) is 5.78 Å². The van der Waals surface area contributed by atoms with Crippen molar-refractivity contribution in [3.63, 3.8) is 0 Å². The van der Waals surface area contributed by atoms with Gasteiger partial charge in [0.25, 0.3) is 0 Å². The summed E-state index contributed by atoms with van der Waals surface area (Å²) in [6, 6.07) is 13.3. The van der Waals surface area contributed by atoms with Crippen LogP contribution in [-0.2, 0) is 26.1 Å². The van der Waals surface area contributed by atoms with Crippen LogP contribution in [0.15, 0.2) is 48.6 Å². The van der Waals surface area contributed by atoms with Crippen LogP contribution in [0.25, 0.3) is 11.1 Å². The fourth-order valence-corrected chi connectivity index (χ4v) is 7.02. The highest BCUT2D eigenvalue weighted by atomic mass is 28.4. The first-order chi connectivity index (χ1) is 14.9. The third kappa shape index (κ3) is 5.24. The second kappa shape index (κ2) is 10.5. The summed E-state index contributed by atoms with van der Waals surface area (Å²) in [5.74, 6) is 0.00935. The smallest absolute Gasteiger partial charge is 0.374 e. The lowest BCUT2D eigenvalue weighted by molar-refractivity contribution is 0.0708. The molecule has 0 radical (unpaired) electrons. The number of Topliss-reactive ketones (excluding diaryl/α,β-unsaturated/α-hetero) is 1. The Balaban J connectivity index is 1.89. The van der Waals surface area contributed by atoms with E-state index < -0.39 is 8.80 Å². The summed E-state index contributed by atoms with van der Waals surface area (Å²) < 4.78 is 18.0. The summed E-state index contributed by atoms with van der Waals surface area (Å²) in [5.41, 5.74) is 7.58. The molecule has 1 aliphatic carbocycles. The van der Waals surface area contributed by atoms with Crippen LogP contribution in [0.2, 0.25) is 6.04 Å². The topological polar surface area (TPSA) is 44.8 Å². The number of ketones is 1. The molecular weight excluding hydrogens is 404 g/mol. The molecule has 0 fully saturated rings. The zero-order valence-electron chi connectivity index (χ0n) is 19.3. The molecule has 0 aromatic heterocycles. The number of carbonyl (C=O) groups is 1. The Hall–Kier alpha value is -2.05. The van der Waals surface area contributed by atoms with Crippen LogP contribution in [0.5, 0.6) is 0 Å². The first-order valence-electron chi connectivity index (χ1n) is 11.3. The van der Waals surface area contributed by atoms with Crippen molar-refractivity contribution in [1.29, 1.82) is 0 Å². The van der Waals surface area contributed by atoms with Gasteiger partial charge in [-0.05, 0) is 92.5 Å². The van der Waals surface area contributed by atoms with Gasteiger partial charge in [0.05, 0.1) is 0 Å². The second-order valence-corrected chi connectivity index (χ2v) is 10.7.